The number of hydrogen-bond donors (Lipinski definition) is 3. The summed E-state index contributed by atoms with van der Waals surface area (Å²) >= 11 is 0. The molecule has 1 saturated heterocycles. The molecule has 0 unspecified atom stereocenters. The number of nitrogens with one attached hydrogen (secondary N) is 2. The van der Waals surface area contributed by atoms with E-state index < -0.39 is 15.4 Å². The zero-order valence-corrected chi connectivity index (χ0v) is 16.3. The van der Waals surface area contributed by atoms with E-state index in [0.29, 0.717) is 44.7 Å². The molecule has 0 saturated carbocycles. The monoisotopic (exact) mass is 383 g/mol. The summed E-state index contributed by atoms with van der Waals surface area (Å²) in [5, 5.41) is 2.95. The van der Waals surface area contributed by atoms with Gasteiger partial charge in [0.15, 0.2) is 0 Å². The molecule has 146 valence electrons. The van der Waals surface area contributed by atoms with Crippen molar-refractivity contribution in [3.63, 3.8) is 0 Å². The second-order valence-electron chi connectivity index (χ2n) is 7.13. The highest BCUT2D eigenvalue weighted by atomic mass is 32.2. The van der Waals surface area contributed by atoms with Gasteiger partial charge in [0.1, 0.15) is 0 Å². The van der Waals surface area contributed by atoms with Crippen molar-refractivity contribution < 1.29 is 17.9 Å². The molecular weight excluding hydrogens is 354 g/mol. The molecule has 26 heavy (non-hydrogen) atoms. The van der Waals surface area contributed by atoms with E-state index in [1.54, 1.807) is 26.0 Å². The van der Waals surface area contributed by atoms with Crippen LogP contribution in [0, 0.1) is 5.41 Å². The Morgan fingerprint density at radius 3 is 2.31 bits per heavy atom. The quantitative estimate of drug-likeness (QED) is 0.617. The zero-order chi connectivity index (χ0) is 19.2. The van der Waals surface area contributed by atoms with Crippen molar-refractivity contribution in [2.24, 2.45) is 11.1 Å². The van der Waals surface area contributed by atoms with E-state index in [2.05, 4.69) is 10.0 Å². The average molecular weight is 384 g/mol. The van der Waals surface area contributed by atoms with Gasteiger partial charge in [-0.25, -0.2) is 13.1 Å². The van der Waals surface area contributed by atoms with Crippen molar-refractivity contribution in [2.75, 3.05) is 19.8 Å². The first-order chi connectivity index (χ1) is 12.3. The van der Waals surface area contributed by atoms with E-state index in [1.807, 2.05) is 12.1 Å². The molecule has 0 atom stereocenters. The smallest absolute Gasteiger partial charge is 0.227 e. The van der Waals surface area contributed by atoms with E-state index in [4.69, 9.17) is 10.5 Å². The lowest BCUT2D eigenvalue weighted by molar-refractivity contribution is -0.136. The molecule has 1 aliphatic heterocycles. The highest BCUT2D eigenvalue weighted by molar-refractivity contribution is 7.88. The fraction of sp³-hybridized carbons (Fsp3) is 0.611. The average Bonchev–Trinajstić information content (AvgIpc) is 2.60. The van der Waals surface area contributed by atoms with Crippen molar-refractivity contribution in [1.29, 1.82) is 0 Å². The molecule has 1 aliphatic rings. The first-order valence-corrected chi connectivity index (χ1v) is 10.6. The van der Waals surface area contributed by atoms with E-state index in [1.165, 1.54) is 0 Å². The summed E-state index contributed by atoms with van der Waals surface area (Å²) in [5.74, 6) is -0.107. The Balaban J connectivity index is 1.92. The lowest BCUT2D eigenvalue weighted by atomic mass is 9.79. The van der Waals surface area contributed by atoms with Gasteiger partial charge in [-0.05, 0) is 37.8 Å². The SMILES string of the molecule is CC(C)NS(=O)(=O)Cc1ccc(CNC(=O)C2(CN)CCOCC2)cc1. The summed E-state index contributed by atoms with van der Waals surface area (Å²) in [4.78, 5) is 12.5. The Labute approximate surface area is 155 Å². The number of hydrogen-bond acceptors (Lipinski definition) is 5. The minimum absolute atomic E-state index is 0.0453. The molecule has 0 aromatic heterocycles. The summed E-state index contributed by atoms with van der Waals surface area (Å²) in [6, 6.07) is 7.08. The number of amides is 1. The third kappa shape index (κ3) is 5.77. The van der Waals surface area contributed by atoms with E-state index in [9.17, 15) is 13.2 Å². The van der Waals surface area contributed by atoms with Gasteiger partial charge in [0.05, 0.1) is 11.2 Å². The Kier molecular flexibility index (Phi) is 7.16. The molecule has 0 bridgehead atoms. The topological polar surface area (TPSA) is 111 Å². The van der Waals surface area contributed by atoms with Crippen LogP contribution in [0.2, 0.25) is 0 Å². The zero-order valence-electron chi connectivity index (χ0n) is 15.5. The molecular formula is C18H29N3O4S. The van der Waals surface area contributed by atoms with Crippen LogP contribution in [0.4, 0.5) is 0 Å². The van der Waals surface area contributed by atoms with E-state index >= 15 is 0 Å². The molecule has 0 radical (unpaired) electrons. The lowest BCUT2D eigenvalue weighted by Gasteiger charge is -2.34. The fourth-order valence-electron chi connectivity index (χ4n) is 3.03. The highest BCUT2D eigenvalue weighted by Gasteiger charge is 2.38. The predicted octanol–water partition coefficient (Wildman–Crippen LogP) is 0.886. The minimum Gasteiger partial charge on any atom is -0.381 e. The molecule has 7 nitrogen and oxygen atoms in total. The van der Waals surface area contributed by atoms with Crippen LogP contribution in [-0.2, 0) is 31.9 Å². The van der Waals surface area contributed by atoms with Crippen LogP contribution in [-0.4, -0.2) is 40.1 Å². The molecule has 0 spiro atoms. The van der Waals surface area contributed by atoms with Crippen LogP contribution in [0.3, 0.4) is 0 Å². The predicted molar refractivity (Wildman–Crippen MR) is 101 cm³/mol. The molecule has 1 aromatic rings. The van der Waals surface area contributed by atoms with Crippen molar-refractivity contribution in [3.8, 4) is 0 Å². The standard InChI is InChI=1S/C18H29N3O4S/c1-14(2)21-26(23,24)12-16-5-3-15(4-6-16)11-20-17(22)18(13-19)7-9-25-10-8-18/h3-6,14,21H,7-13,19H2,1-2H3,(H,20,22). The summed E-state index contributed by atoms with van der Waals surface area (Å²) < 4.78 is 31.8. The maximum Gasteiger partial charge on any atom is 0.227 e. The Bertz CT molecular complexity index is 696. The van der Waals surface area contributed by atoms with Crippen molar-refractivity contribution in [1.82, 2.24) is 10.0 Å². The Morgan fingerprint density at radius 1 is 1.19 bits per heavy atom. The van der Waals surface area contributed by atoms with Crippen LogP contribution in [0.1, 0.15) is 37.8 Å². The van der Waals surface area contributed by atoms with Gasteiger partial charge in [-0.1, -0.05) is 24.3 Å². The normalized spacial score (nSPS) is 17.2. The van der Waals surface area contributed by atoms with Gasteiger partial charge < -0.3 is 15.8 Å². The number of ether oxygens (including phenoxy) is 1. The van der Waals surface area contributed by atoms with E-state index in [0.717, 1.165) is 5.56 Å². The van der Waals surface area contributed by atoms with Crippen molar-refractivity contribution in [3.05, 3.63) is 35.4 Å². The first kappa shape index (κ1) is 20.8. The molecule has 8 heteroatoms. The number of carbonyl (C=O) groups excluding carboxylic acids is 1. The molecule has 0 aliphatic carbocycles. The first-order valence-electron chi connectivity index (χ1n) is 8.90. The number of sulfonamides is 1. The second kappa shape index (κ2) is 8.94. The van der Waals surface area contributed by atoms with Crippen LogP contribution in [0.25, 0.3) is 0 Å². The minimum atomic E-state index is -3.34. The van der Waals surface area contributed by atoms with Gasteiger partial charge in [-0.3, -0.25) is 4.79 Å². The Morgan fingerprint density at radius 2 is 1.77 bits per heavy atom. The summed E-state index contributed by atoms with van der Waals surface area (Å²) in [7, 11) is -3.34. The van der Waals surface area contributed by atoms with Gasteiger partial charge >= 0.3 is 0 Å². The maximum atomic E-state index is 12.5. The lowest BCUT2D eigenvalue weighted by Crippen LogP contribution is -2.48. The second-order valence-corrected chi connectivity index (χ2v) is 8.88. The van der Waals surface area contributed by atoms with Gasteiger partial charge in [0.2, 0.25) is 15.9 Å². The van der Waals surface area contributed by atoms with Crippen molar-refractivity contribution >= 4 is 15.9 Å². The molecule has 1 amide bonds. The maximum absolute atomic E-state index is 12.5. The van der Waals surface area contributed by atoms with Crippen LogP contribution in [0.5, 0.6) is 0 Å². The molecule has 1 aromatic carbocycles. The highest BCUT2D eigenvalue weighted by Crippen LogP contribution is 2.29. The third-order valence-corrected chi connectivity index (χ3v) is 6.11. The van der Waals surface area contributed by atoms with Gasteiger partial charge in [-0.15, -0.1) is 0 Å². The largest absolute Gasteiger partial charge is 0.381 e. The van der Waals surface area contributed by atoms with Gasteiger partial charge in [0.25, 0.3) is 0 Å². The van der Waals surface area contributed by atoms with Crippen LogP contribution in [0.15, 0.2) is 24.3 Å². The number of benzene rings is 1. The molecule has 2 rings (SSSR count). The number of carbonyl (C=O) groups is 1. The number of rotatable bonds is 8. The third-order valence-electron chi connectivity index (χ3n) is 4.57. The van der Waals surface area contributed by atoms with Crippen LogP contribution >= 0.6 is 0 Å². The number of nitrogens with two attached hydrogens (primary N) is 1. The summed E-state index contributed by atoms with van der Waals surface area (Å²) in [6.45, 7) is 5.38. The Hall–Kier alpha value is -1.48. The molecule has 1 fully saturated rings. The van der Waals surface area contributed by atoms with Gasteiger partial charge in [0, 0.05) is 32.3 Å². The van der Waals surface area contributed by atoms with Gasteiger partial charge in [-0.2, -0.15) is 0 Å². The summed E-state index contributed by atoms with van der Waals surface area (Å²) in [5.41, 5.74) is 6.91. The van der Waals surface area contributed by atoms with Crippen LogP contribution < -0.4 is 15.8 Å². The summed E-state index contributed by atoms with van der Waals surface area (Å²) in [6.07, 6.45) is 1.27. The fourth-order valence-corrected chi connectivity index (χ4v) is 4.46. The van der Waals surface area contributed by atoms with Crippen molar-refractivity contribution in [2.45, 2.75) is 45.0 Å². The molecule has 4 N–H and O–H groups in total. The van der Waals surface area contributed by atoms with E-state index in [-0.39, 0.29) is 17.7 Å². The molecule has 1 heterocycles.